The molecule has 2 aromatic rings. The summed E-state index contributed by atoms with van der Waals surface area (Å²) in [7, 11) is 2.21. The standard InChI is InChI=1S/C17H23N3/c1-12-5-3-4-6-16(12)20(2)17-8-7-15(18)13-9-10-19-11-14(13)17/h7-12,16H,3-6,18H2,1-2H3. The SMILES string of the molecule is CC1CCCCC1N(C)c1ccc(N)c2ccncc12. The number of pyridine rings is 1. The molecule has 3 rings (SSSR count). The van der Waals surface area contributed by atoms with Gasteiger partial charge in [-0.1, -0.05) is 19.8 Å². The number of fused-ring (bicyclic) bond motifs is 1. The summed E-state index contributed by atoms with van der Waals surface area (Å²) in [5, 5.41) is 2.26. The zero-order valence-electron chi connectivity index (χ0n) is 12.3. The Bertz CT molecular complexity index is 608. The van der Waals surface area contributed by atoms with Gasteiger partial charge in [0, 0.05) is 47.6 Å². The molecule has 2 N–H and O–H groups in total. The highest BCUT2D eigenvalue weighted by molar-refractivity contribution is 6.00. The van der Waals surface area contributed by atoms with Crippen molar-refractivity contribution in [1.82, 2.24) is 4.98 Å². The van der Waals surface area contributed by atoms with Gasteiger partial charge in [0.25, 0.3) is 0 Å². The van der Waals surface area contributed by atoms with Crippen molar-refractivity contribution in [2.24, 2.45) is 5.92 Å². The van der Waals surface area contributed by atoms with Crippen LogP contribution < -0.4 is 10.6 Å². The third kappa shape index (κ3) is 2.21. The molecule has 3 heteroatoms. The summed E-state index contributed by atoms with van der Waals surface area (Å²) in [4.78, 5) is 6.72. The molecule has 2 unspecified atom stereocenters. The first kappa shape index (κ1) is 13.2. The van der Waals surface area contributed by atoms with E-state index in [1.165, 1.54) is 31.4 Å². The number of hydrogen-bond donors (Lipinski definition) is 1. The molecule has 1 heterocycles. The van der Waals surface area contributed by atoms with Crippen LogP contribution in [0.2, 0.25) is 0 Å². The van der Waals surface area contributed by atoms with Gasteiger partial charge in [-0.15, -0.1) is 0 Å². The van der Waals surface area contributed by atoms with Crippen LogP contribution in [0.25, 0.3) is 10.8 Å². The van der Waals surface area contributed by atoms with E-state index >= 15 is 0 Å². The number of rotatable bonds is 2. The molecule has 1 aliphatic carbocycles. The van der Waals surface area contributed by atoms with Crippen LogP contribution in [0.3, 0.4) is 0 Å². The van der Waals surface area contributed by atoms with Gasteiger partial charge in [-0.2, -0.15) is 0 Å². The van der Waals surface area contributed by atoms with Crippen LogP contribution >= 0.6 is 0 Å². The third-order valence-corrected chi connectivity index (χ3v) is 4.77. The molecule has 0 radical (unpaired) electrons. The molecule has 0 bridgehead atoms. The van der Waals surface area contributed by atoms with E-state index in [0.717, 1.165) is 22.4 Å². The number of nitrogens with two attached hydrogens (primary N) is 1. The van der Waals surface area contributed by atoms with Gasteiger partial charge in [-0.25, -0.2) is 0 Å². The fourth-order valence-corrected chi connectivity index (χ4v) is 3.56. The van der Waals surface area contributed by atoms with Crippen LogP contribution in [-0.2, 0) is 0 Å². The van der Waals surface area contributed by atoms with Crippen molar-refractivity contribution in [2.75, 3.05) is 17.7 Å². The number of benzene rings is 1. The van der Waals surface area contributed by atoms with Gasteiger partial charge in [0.1, 0.15) is 0 Å². The van der Waals surface area contributed by atoms with E-state index in [9.17, 15) is 0 Å². The van der Waals surface area contributed by atoms with Crippen molar-refractivity contribution in [3.8, 4) is 0 Å². The molecule has 1 aromatic heterocycles. The second-order valence-electron chi connectivity index (χ2n) is 6.04. The first-order chi connectivity index (χ1) is 9.68. The van der Waals surface area contributed by atoms with Gasteiger partial charge in [-0.05, 0) is 37.0 Å². The van der Waals surface area contributed by atoms with Gasteiger partial charge in [0.05, 0.1) is 0 Å². The number of nitrogen functional groups attached to an aromatic ring is 1. The lowest BCUT2D eigenvalue weighted by atomic mass is 9.84. The van der Waals surface area contributed by atoms with Crippen molar-refractivity contribution in [2.45, 2.75) is 38.6 Å². The first-order valence-electron chi connectivity index (χ1n) is 7.53. The maximum absolute atomic E-state index is 6.08. The highest BCUT2D eigenvalue weighted by Crippen LogP contribution is 2.35. The van der Waals surface area contributed by atoms with Crippen LogP contribution in [0.15, 0.2) is 30.6 Å². The molecular weight excluding hydrogens is 246 g/mol. The summed E-state index contributed by atoms with van der Waals surface area (Å²) in [6, 6.07) is 6.78. The molecule has 2 atom stereocenters. The van der Waals surface area contributed by atoms with Crippen LogP contribution in [0.5, 0.6) is 0 Å². The first-order valence-corrected chi connectivity index (χ1v) is 7.53. The monoisotopic (exact) mass is 269 g/mol. The van der Waals surface area contributed by atoms with E-state index in [2.05, 4.69) is 29.9 Å². The van der Waals surface area contributed by atoms with Crippen LogP contribution in [0.4, 0.5) is 11.4 Å². The Kier molecular flexibility index (Phi) is 3.51. The number of hydrogen-bond acceptors (Lipinski definition) is 3. The highest BCUT2D eigenvalue weighted by atomic mass is 15.1. The molecule has 20 heavy (non-hydrogen) atoms. The normalized spacial score (nSPS) is 22.9. The summed E-state index contributed by atoms with van der Waals surface area (Å²) in [6.45, 7) is 2.37. The Balaban J connectivity index is 2.03. The van der Waals surface area contributed by atoms with Gasteiger partial charge in [0.2, 0.25) is 0 Å². The summed E-state index contributed by atoms with van der Waals surface area (Å²) < 4.78 is 0. The molecule has 0 amide bonds. The molecule has 1 aliphatic rings. The molecule has 1 fully saturated rings. The molecule has 0 saturated heterocycles. The largest absolute Gasteiger partial charge is 0.398 e. The Morgan fingerprint density at radius 2 is 1.95 bits per heavy atom. The van der Waals surface area contributed by atoms with Gasteiger partial charge >= 0.3 is 0 Å². The third-order valence-electron chi connectivity index (χ3n) is 4.77. The summed E-state index contributed by atoms with van der Waals surface area (Å²) in [5.41, 5.74) is 8.17. The lowest BCUT2D eigenvalue weighted by Crippen LogP contribution is -2.39. The summed E-state index contributed by atoms with van der Waals surface area (Å²) in [5.74, 6) is 0.748. The Hall–Kier alpha value is -1.77. The molecule has 0 aliphatic heterocycles. The molecule has 0 spiro atoms. The molecule has 1 aromatic carbocycles. The van der Waals surface area contributed by atoms with Crippen LogP contribution in [0.1, 0.15) is 32.6 Å². The Labute approximate surface area is 120 Å². The summed E-state index contributed by atoms with van der Waals surface area (Å²) in [6.07, 6.45) is 9.07. The van der Waals surface area contributed by atoms with E-state index in [1.54, 1.807) is 0 Å². The summed E-state index contributed by atoms with van der Waals surface area (Å²) >= 11 is 0. The van der Waals surface area contributed by atoms with Crippen molar-refractivity contribution >= 4 is 22.1 Å². The fourth-order valence-electron chi connectivity index (χ4n) is 3.56. The van der Waals surface area contributed by atoms with Crippen molar-refractivity contribution in [1.29, 1.82) is 0 Å². The average Bonchev–Trinajstić information content (AvgIpc) is 2.48. The zero-order valence-corrected chi connectivity index (χ0v) is 12.3. The lowest BCUT2D eigenvalue weighted by Gasteiger charge is -2.38. The minimum atomic E-state index is 0.621. The fraction of sp³-hybridized carbons (Fsp3) is 0.471. The minimum Gasteiger partial charge on any atom is -0.398 e. The molecule has 1 saturated carbocycles. The van der Waals surface area contributed by atoms with Gasteiger partial charge in [-0.3, -0.25) is 4.98 Å². The Morgan fingerprint density at radius 1 is 1.15 bits per heavy atom. The zero-order chi connectivity index (χ0) is 14.1. The number of nitrogens with zero attached hydrogens (tertiary/aromatic N) is 2. The quantitative estimate of drug-likeness (QED) is 0.842. The maximum atomic E-state index is 6.08. The van der Waals surface area contributed by atoms with E-state index in [-0.39, 0.29) is 0 Å². The lowest BCUT2D eigenvalue weighted by molar-refractivity contribution is 0.322. The van der Waals surface area contributed by atoms with Crippen molar-refractivity contribution in [3.63, 3.8) is 0 Å². The van der Waals surface area contributed by atoms with Crippen LogP contribution in [-0.4, -0.2) is 18.1 Å². The van der Waals surface area contributed by atoms with Gasteiger partial charge < -0.3 is 10.6 Å². The molecular formula is C17H23N3. The van der Waals surface area contributed by atoms with Crippen molar-refractivity contribution < 1.29 is 0 Å². The van der Waals surface area contributed by atoms with Gasteiger partial charge in [0.15, 0.2) is 0 Å². The van der Waals surface area contributed by atoms with E-state index in [1.807, 2.05) is 24.5 Å². The molecule has 106 valence electrons. The highest BCUT2D eigenvalue weighted by Gasteiger charge is 2.26. The van der Waals surface area contributed by atoms with E-state index in [4.69, 9.17) is 5.73 Å². The predicted molar refractivity (Wildman–Crippen MR) is 86.0 cm³/mol. The number of aromatic nitrogens is 1. The maximum Gasteiger partial charge on any atom is 0.0463 e. The second kappa shape index (κ2) is 5.31. The smallest absolute Gasteiger partial charge is 0.0463 e. The van der Waals surface area contributed by atoms with Crippen LogP contribution in [0, 0.1) is 5.92 Å². The topological polar surface area (TPSA) is 42.1 Å². The average molecular weight is 269 g/mol. The Morgan fingerprint density at radius 3 is 2.75 bits per heavy atom. The molecule has 3 nitrogen and oxygen atoms in total. The van der Waals surface area contributed by atoms with E-state index in [0.29, 0.717) is 6.04 Å². The predicted octanol–water partition coefficient (Wildman–Crippen LogP) is 3.83. The minimum absolute atomic E-state index is 0.621. The van der Waals surface area contributed by atoms with E-state index < -0.39 is 0 Å². The second-order valence-corrected chi connectivity index (χ2v) is 6.04. The van der Waals surface area contributed by atoms with Crippen molar-refractivity contribution in [3.05, 3.63) is 30.6 Å². The number of anilines is 2.